The topological polar surface area (TPSA) is 55.4 Å². The Morgan fingerprint density at radius 2 is 1.52 bits per heavy atom. The van der Waals surface area contributed by atoms with E-state index >= 15 is 0 Å². The molecule has 0 unspecified atom stereocenters. The monoisotopic (exact) mass is 549 g/mol. The molecular weight excluding hydrogens is 521 g/mol. The van der Waals surface area contributed by atoms with Crippen molar-refractivity contribution >= 4 is 32.6 Å². The molecule has 164 valence electrons. The van der Waals surface area contributed by atoms with Crippen LogP contribution in [-0.4, -0.2) is 24.5 Å². The molecule has 3 rings (SSSR count). The first-order valence-electron chi connectivity index (χ1n) is 10.3. The Morgan fingerprint density at radius 1 is 0.935 bits per heavy atom. The quantitative estimate of drug-likeness (QED) is 0.267. The zero-order valence-corrected chi connectivity index (χ0v) is 20.8. The fourth-order valence-electron chi connectivity index (χ4n) is 3.27. The molecule has 3 aromatic rings. The summed E-state index contributed by atoms with van der Waals surface area (Å²) in [6.45, 7) is 4.26. The van der Waals surface area contributed by atoms with Crippen LogP contribution in [0.5, 0.6) is 5.75 Å². The number of nitrogens with one attached hydrogen (secondary N) is 1. The van der Waals surface area contributed by atoms with Gasteiger partial charge in [0.15, 0.2) is 0 Å². The zero-order valence-electron chi connectivity index (χ0n) is 17.8. The van der Waals surface area contributed by atoms with Gasteiger partial charge in [0.05, 0.1) is 8.82 Å². The van der Waals surface area contributed by atoms with E-state index in [0.29, 0.717) is 0 Å². The summed E-state index contributed by atoms with van der Waals surface area (Å²) in [6.07, 6.45) is 1.60. The summed E-state index contributed by atoms with van der Waals surface area (Å²) in [4.78, 5) is 0.275. The third-order valence-electron chi connectivity index (χ3n) is 5.29. The van der Waals surface area contributed by atoms with Crippen molar-refractivity contribution in [3.05, 3.63) is 96.1 Å². The van der Waals surface area contributed by atoms with Crippen molar-refractivity contribution in [2.75, 3.05) is 6.54 Å². The van der Waals surface area contributed by atoms with Gasteiger partial charge in [0.25, 0.3) is 0 Å². The predicted octanol–water partition coefficient (Wildman–Crippen LogP) is 5.55. The van der Waals surface area contributed by atoms with Crippen molar-refractivity contribution < 1.29 is 13.2 Å². The lowest BCUT2D eigenvalue weighted by atomic mass is 9.93. The minimum atomic E-state index is -3.58. The lowest BCUT2D eigenvalue weighted by Crippen LogP contribution is -2.47. The number of sulfonamides is 1. The molecule has 1 N–H and O–H groups in total. The average Bonchev–Trinajstić information content (AvgIpc) is 2.78. The molecule has 0 fully saturated rings. The first kappa shape index (κ1) is 23.8. The Bertz CT molecular complexity index is 1060. The van der Waals surface area contributed by atoms with Crippen molar-refractivity contribution in [3.8, 4) is 5.75 Å². The van der Waals surface area contributed by atoms with Gasteiger partial charge >= 0.3 is 0 Å². The number of benzene rings is 3. The van der Waals surface area contributed by atoms with Gasteiger partial charge in [-0.25, -0.2) is 13.1 Å². The molecule has 0 heterocycles. The molecule has 31 heavy (non-hydrogen) atoms. The van der Waals surface area contributed by atoms with Crippen LogP contribution >= 0.6 is 22.6 Å². The van der Waals surface area contributed by atoms with Crippen LogP contribution in [0, 0.1) is 6.92 Å². The van der Waals surface area contributed by atoms with Crippen LogP contribution < -0.4 is 9.46 Å². The molecule has 0 bridgehead atoms. The van der Waals surface area contributed by atoms with Crippen LogP contribution in [0.3, 0.4) is 0 Å². The molecule has 0 aliphatic heterocycles. The van der Waals surface area contributed by atoms with Crippen LogP contribution in [-0.2, 0) is 16.4 Å². The summed E-state index contributed by atoms with van der Waals surface area (Å²) in [6, 6.07) is 26.8. The van der Waals surface area contributed by atoms with Crippen LogP contribution in [0.1, 0.15) is 24.5 Å². The molecule has 0 amide bonds. The molecule has 0 aliphatic carbocycles. The highest BCUT2D eigenvalue weighted by Gasteiger charge is 2.35. The van der Waals surface area contributed by atoms with Crippen LogP contribution in [0.25, 0.3) is 0 Å². The van der Waals surface area contributed by atoms with E-state index in [1.165, 1.54) is 5.56 Å². The SMILES string of the molecule is Cc1ccc(S(=O)(=O)NC[C@H](I)[C@@](C)(CCc2ccccc2)Oc2ccccc2)cc1. The highest BCUT2D eigenvalue weighted by atomic mass is 127. The Kier molecular flexibility index (Phi) is 8.13. The number of hydrogen-bond donors (Lipinski definition) is 1. The number of hydrogen-bond acceptors (Lipinski definition) is 3. The highest BCUT2D eigenvalue weighted by molar-refractivity contribution is 14.1. The third-order valence-corrected chi connectivity index (χ3v) is 8.49. The maximum absolute atomic E-state index is 12.8. The number of rotatable bonds is 10. The standard InChI is InChI=1S/C25H28INO3S/c1-20-13-15-23(16-14-20)31(28,29)27-19-24(26)25(2,30-22-11-7-4-8-12-22)18-17-21-9-5-3-6-10-21/h3-16,24,27H,17-19H2,1-2H3/t24-,25+/m0/s1. The smallest absolute Gasteiger partial charge is 0.240 e. The van der Waals surface area contributed by atoms with Gasteiger partial charge in [-0.2, -0.15) is 0 Å². The predicted molar refractivity (Wildman–Crippen MR) is 134 cm³/mol. The molecule has 0 spiro atoms. The average molecular weight is 549 g/mol. The van der Waals surface area contributed by atoms with E-state index in [1.54, 1.807) is 24.3 Å². The van der Waals surface area contributed by atoms with E-state index in [1.807, 2.05) is 55.5 Å². The Hall–Kier alpha value is -1.90. The molecule has 0 aliphatic rings. The maximum Gasteiger partial charge on any atom is 0.240 e. The van der Waals surface area contributed by atoms with Gasteiger partial charge in [-0.3, -0.25) is 0 Å². The second kappa shape index (κ2) is 10.6. The Morgan fingerprint density at radius 3 is 2.13 bits per heavy atom. The summed E-state index contributed by atoms with van der Waals surface area (Å²) in [5.41, 5.74) is 1.69. The first-order chi connectivity index (χ1) is 14.8. The molecule has 0 aromatic heterocycles. The van der Waals surface area contributed by atoms with Gasteiger partial charge in [-0.1, -0.05) is 88.8 Å². The molecular formula is C25H28INO3S. The van der Waals surface area contributed by atoms with Crippen molar-refractivity contribution in [1.82, 2.24) is 4.72 Å². The lowest BCUT2D eigenvalue weighted by Gasteiger charge is -2.35. The second-order valence-electron chi connectivity index (χ2n) is 7.85. The fraction of sp³-hybridized carbons (Fsp3) is 0.280. The largest absolute Gasteiger partial charge is 0.486 e. The van der Waals surface area contributed by atoms with Crippen molar-refractivity contribution in [2.45, 2.75) is 41.1 Å². The van der Waals surface area contributed by atoms with Crippen molar-refractivity contribution in [1.29, 1.82) is 0 Å². The first-order valence-corrected chi connectivity index (χ1v) is 13.0. The van der Waals surface area contributed by atoms with Crippen LogP contribution in [0.4, 0.5) is 0 Å². The molecule has 2 atom stereocenters. The van der Waals surface area contributed by atoms with Crippen LogP contribution in [0.15, 0.2) is 89.8 Å². The van der Waals surface area contributed by atoms with Gasteiger partial charge in [-0.15, -0.1) is 0 Å². The van der Waals surface area contributed by atoms with Crippen LogP contribution in [0.2, 0.25) is 0 Å². The van der Waals surface area contributed by atoms with Gasteiger partial charge in [-0.05, 0) is 56.5 Å². The summed E-state index contributed by atoms with van der Waals surface area (Å²) < 4.78 is 34.6. The second-order valence-corrected chi connectivity index (χ2v) is 11.1. The third kappa shape index (κ3) is 6.79. The normalized spacial score (nSPS) is 14.5. The minimum Gasteiger partial charge on any atom is -0.486 e. The highest BCUT2D eigenvalue weighted by Crippen LogP contribution is 2.30. The van der Waals surface area contributed by atoms with E-state index in [2.05, 4.69) is 46.4 Å². The Labute approximate surface area is 199 Å². The number of ether oxygens (including phenoxy) is 1. The summed E-state index contributed by atoms with van der Waals surface area (Å²) in [7, 11) is -3.58. The summed E-state index contributed by atoms with van der Waals surface area (Å²) >= 11 is 2.30. The fourth-order valence-corrected chi connectivity index (χ4v) is 5.27. The van der Waals surface area contributed by atoms with Crippen molar-refractivity contribution in [3.63, 3.8) is 0 Å². The van der Waals surface area contributed by atoms with Gasteiger partial charge in [0.1, 0.15) is 11.4 Å². The molecule has 0 saturated carbocycles. The minimum absolute atomic E-state index is 0.0887. The maximum atomic E-state index is 12.8. The van der Waals surface area contributed by atoms with E-state index in [0.717, 1.165) is 24.2 Å². The number of aryl methyl sites for hydroxylation is 2. The van der Waals surface area contributed by atoms with Gasteiger partial charge in [0, 0.05) is 6.54 Å². The van der Waals surface area contributed by atoms with E-state index in [-0.39, 0.29) is 15.4 Å². The Balaban J connectivity index is 1.74. The molecule has 3 aromatic carbocycles. The van der Waals surface area contributed by atoms with E-state index < -0.39 is 15.6 Å². The molecule has 4 nitrogen and oxygen atoms in total. The van der Waals surface area contributed by atoms with Gasteiger partial charge < -0.3 is 4.74 Å². The van der Waals surface area contributed by atoms with E-state index in [9.17, 15) is 8.42 Å². The summed E-state index contributed by atoms with van der Waals surface area (Å²) in [5, 5.41) is 0. The summed E-state index contributed by atoms with van der Waals surface area (Å²) in [5.74, 6) is 0.779. The van der Waals surface area contributed by atoms with Gasteiger partial charge in [0.2, 0.25) is 10.0 Å². The molecule has 0 radical (unpaired) electrons. The van der Waals surface area contributed by atoms with E-state index in [4.69, 9.17) is 4.74 Å². The zero-order chi connectivity index (χ0) is 22.3. The molecule has 6 heteroatoms. The number of halogens is 1. The molecule has 0 saturated heterocycles. The lowest BCUT2D eigenvalue weighted by molar-refractivity contribution is 0.0822. The van der Waals surface area contributed by atoms with Crippen molar-refractivity contribution in [2.24, 2.45) is 0 Å². The number of alkyl halides is 1. The number of para-hydroxylation sites is 1.